The number of ether oxygens (including phenoxy) is 1. The fraction of sp³-hybridized carbons (Fsp3) is 0.100. The number of rotatable bonds is 6. The number of anilines is 1. The summed E-state index contributed by atoms with van der Waals surface area (Å²) in [5.41, 5.74) is 2.65. The highest BCUT2D eigenvalue weighted by atomic mass is 35.5. The summed E-state index contributed by atoms with van der Waals surface area (Å²) < 4.78 is 31.8. The fourth-order valence-corrected chi connectivity index (χ4v) is 2.48. The van der Waals surface area contributed by atoms with E-state index in [9.17, 15) is 8.78 Å². The Morgan fingerprint density at radius 3 is 2.44 bits per heavy atom. The summed E-state index contributed by atoms with van der Waals surface area (Å²) >= 11 is 5.77. The molecule has 0 amide bonds. The Bertz CT molecular complexity index is 853. The molecule has 0 unspecified atom stereocenters. The maximum Gasteiger partial charge on any atom is 0.141 e. The van der Waals surface area contributed by atoms with E-state index in [0.29, 0.717) is 13.2 Å². The number of benzene rings is 3. The first-order valence-corrected chi connectivity index (χ1v) is 8.13. The van der Waals surface area contributed by atoms with E-state index in [1.54, 1.807) is 24.3 Å². The summed E-state index contributed by atoms with van der Waals surface area (Å²) in [6, 6.07) is 18.4. The van der Waals surface area contributed by atoms with Crippen LogP contribution in [-0.2, 0) is 13.2 Å². The maximum absolute atomic E-state index is 13.2. The molecule has 2 nitrogen and oxygen atoms in total. The standard InChI is InChI=1S/C20H16ClF2NO/c21-19-11-17(8-9-20(19)23)24-12-15-2-1-3-18(10-15)25-13-14-4-6-16(22)7-5-14/h1-11,24H,12-13H2. The third kappa shape index (κ3) is 4.94. The Hall–Kier alpha value is -2.59. The lowest BCUT2D eigenvalue weighted by Crippen LogP contribution is -2.01. The number of nitrogens with one attached hydrogen (secondary N) is 1. The molecular formula is C20H16ClF2NO. The summed E-state index contributed by atoms with van der Waals surface area (Å²) in [7, 11) is 0. The number of hydrogen-bond acceptors (Lipinski definition) is 2. The summed E-state index contributed by atoms with van der Waals surface area (Å²) in [6.45, 7) is 0.917. The van der Waals surface area contributed by atoms with Crippen LogP contribution in [0, 0.1) is 11.6 Å². The minimum Gasteiger partial charge on any atom is -0.489 e. The van der Waals surface area contributed by atoms with Crippen molar-refractivity contribution < 1.29 is 13.5 Å². The van der Waals surface area contributed by atoms with E-state index in [0.717, 1.165) is 22.6 Å². The van der Waals surface area contributed by atoms with Gasteiger partial charge in [-0.05, 0) is 53.6 Å². The SMILES string of the molecule is Fc1ccc(COc2cccc(CNc3ccc(F)c(Cl)c3)c2)cc1. The first-order chi connectivity index (χ1) is 12.1. The maximum atomic E-state index is 13.2. The number of halogens is 3. The van der Waals surface area contributed by atoms with Crippen molar-refractivity contribution in [1.82, 2.24) is 0 Å². The zero-order valence-electron chi connectivity index (χ0n) is 13.3. The fourth-order valence-electron chi connectivity index (χ4n) is 2.30. The smallest absolute Gasteiger partial charge is 0.141 e. The van der Waals surface area contributed by atoms with Gasteiger partial charge in [0.1, 0.15) is 24.0 Å². The van der Waals surface area contributed by atoms with E-state index >= 15 is 0 Å². The van der Waals surface area contributed by atoms with Crippen LogP contribution < -0.4 is 10.1 Å². The Labute approximate surface area is 150 Å². The van der Waals surface area contributed by atoms with Gasteiger partial charge in [0, 0.05) is 12.2 Å². The van der Waals surface area contributed by atoms with Crippen molar-refractivity contribution in [2.45, 2.75) is 13.2 Å². The third-order valence-corrected chi connectivity index (χ3v) is 3.92. The molecule has 0 aliphatic rings. The topological polar surface area (TPSA) is 21.3 Å². The van der Waals surface area contributed by atoms with Crippen molar-refractivity contribution in [3.05, 3.63) is 94.5 Å². The van der Waals surface area contributed by atoms with Gasteiger partial charge in [-0.3, -0.25) is 0 Å². The van der Waals surface area contributed by atoms with Gasteiger partial charge in [-0.2, -0.15) is 0 Å². The Morgan fingerprint density at radius 1 is 0.880 bits per heavy atom. The predicted octanol–water partition coefficient (Wildman–Crippen LogP) is 5.81. The highest BCUT2D eigenvalue weighted by Gasteiger charge is 2.02. The molecule has 1 N–H and O–H groups in total. The van der Waals surface area contributed by atoms with Crippen molar-refractivity contribution in [1.29, 1.82) is 0 Å². The molecule has 3 aromatic rings. The largest absolute Gasteiger partial charge is 0.489 e. The molecule has 0 fully saturated rings. The second kappa shape index (κ2) is 7.99. The van der Waals surface area contributed by atoms with E-state index in [-0.39, 0.29) is 10.8 Å². The average molecular weight is 360 g/mol. The van der Waals surface area contributed by atoms with E-state index in [2.05, 4.69) is 5.32 Å². The average Bonchev–Trinajstić information content (AvgIpc) is 2.63. The summed E-state index contributed by atoms with van der Waals surface area (Å²) in [4.78, 5) is 0. The lowest BCUT2D eigenvalue weighted by Gasteiger charge is -2.10. The van der Waals surface area contributed by atoms with Crippen molar-refractivity contribution in [2.24, 2.45) is 0 Å². The van der Waals surface area contributed by atoms with Crippen LogP contribution in [-0.4, -0.2) is 0 Å². The monoisotopic (exact) mass is 359 g/mol. The molecular weight excluding hydrogens is 344 g/mol. The van der Waals surface area contributed by atoms with Gasteiger partial charge >= 0.3 is 0 Å². The molecule has 0 aliphatic heterocycles. The zero-order valence-corrected chi connectivity index (χ0v) is 14.1. The van der Waals surface area contributed by atoms with Gasteiger partial charge in [0.25, 0.3) is 0 Å². The van der Waals surface area contributed by atoms with Crippen LogP contribution in [0.1, 0.15) is 11.1 Å². The minimum atomic E-state index is -0.441. The van der Waals surface area contributed by atoms with Gasteiger partial charge in [-0.25, -0.2) is 8.78 Å². The van der Waals surface area contributed by atoms with Crippen LogP contribution >= 0.6 is 11.6 Å². The number of hydrogen-bond donors (Lipinski definition) is 1. The minimum absolute atomic E-state index is 0.0846. The second-order valence-corrected chi connectivity index (χ2v) is 5.95. The Balaban J connectivity index is 1.59. The van der Waals surface area contributed by atoms with E-state index < -0.39 is 5.82 Å². The van der Waals surface area contributed by atoms with E-state index in [4.69, 9.17) is 16.3 Å². The molecule has 0 aromatic heterocycles. The third-order valence-electron chi connectivity index (χ3n) is 3.63. The van der Waals surface area contributed by atoms with Gasteiger partial charge in [0.15, 0.2) is 0 Å². The summed E-state index contributed by atoms with van der Waals surface area (Å²) in [6.07, 6.45) is 0. The van der Waals surface area contributed by atoms with Crippen LogP contribution in [0.15, 0.2) is 66.7 Å². The van der Waals surface area contributed by atoms with Gasteiger partial charge < -0.3 is 10.1 Å². The lowest BCUT2D eigenvalue weighted by molar-refractivity contribution is 0.306. The molecule has 0 bridgehead atoms. The molecule has 128 valence electrons. The molecule has 0 saturated heterocycles. The second-order valence-electron chi connectivity index (χ2n) is 5.54. The molecule has 5 heteroatoms. The Morgan fingerprint density at radius 2 is 1.68 bits per heavy atom. The van der Waals surface area contributed by atoms with Gasteiger partial charge in [0.2, 0.25) is 0 Å². The summed E-state index contributed by atoms with van der Waals surface area (Å²) in [5.74, 6) is 0.0156. The quantitative estimate of drug-likeness (QED) is 0.599. The van der Waals surface area contributed by atoms with Crippen molar-refractivity contribution in [2.75, 3.05) is 5.32 Å². The normalized spacial score (nSPS) is 10.5. The van der Waals surface area contributed by atoms with Crippen LogP contribution in [0.5, 0.6) is 5.75 Å². The molecule has 0 spiro atoms. The van der Waals surface area contributed by atoms with Gasteiger partial charge in [-0.15, -0.1) is 0 Å². The summed E-state index contributed by atoms with van der Waals surface area (Å²) in [5, 5.41) is 3.27. The van der Waals surface area contributed by atoms with Crippen molar-refractivity contribution >= 4 is 17.3 Å². The van der Waals surface area contributed by atoms with Crippen LogP contribution in [0.4, 0.5) is 14.5 Å². The molecule has 0 atom stereocenters. The molecule has 0 radical (unpaired) electrons. The van der Waals surface area contributed by atoms with E-state index in [1.165, 1.54) is 18.2 Å². The first-order valence-electron chi connectivity index (χ1n) is 7.75. The van der Waals surface area contributed by atoms with Gasteiger partial charge in [0.05, 0.1) is 5.02 Å². The lowest BCUT2D eigenvalue weighted by atomic mass is 10.2. The molecule has 0 heterocycles. The van der Waals surface area contributed by atoms with Crippen LogP contribution in [0.25, 0.3) is 0 Å². The molecule has 0 aliphatic carbocycles. The highest BCUT2D eigenvalue weighted by molar-refractivity contribution is 6.31. The molecule has 3 rings (SSSR count). The molecule has 25 heavy (non-hydrogen) atoms. The van der Waals surface area contributed by atoms with Crippen molar-refractivity contribution in [3.63, 3.8) is 0 Å². The highest BCUT2D eigenvalue weighted by Crippen LogP contribution is 2.21. The van der Waals surface area contributed by atoms with Crippen LogP contribution in [0.2, 0.25) is 5.02 Å². The first kappa shape index (κ1) is 17.2. The van der Waals surface area contributed by atoms with E-state index in [1.807, 2.05) is 24.3 Å². The van der Waals surface area contributed by atoms with Crippen molar-refractivity contribution in [3.8, 4) is 5.75 Å². The zero-order chi connectivity index (χ0) is 17.6. The van der Waals surface area contributed by atoms with Gasteiger partial charge in [-0.1, -0.05) is 35.9 Å². The predicted molar refractivity (Wildman–Crippen MR) is 95.9 cm³/mol. The van der Waals surface area contributed by atoms with Crippen LogP contribution in [0.3, 0.4) is 0 Å². The molecule has 3 aromatic carbocycles. The molecule has 0 saturated carbocycles. The Kier molecular flexibility index (Phi) is 5.51.